The highest BCUT2D eigenvalue weighted by atomic mass is 16.5. The molecule has 1 heterocycles. The minimum Gasteiger partial charge on any atom is -0.383 e. The lowest BCUT2D eigenvalue weighted by Crippen LogP contribution is -2.31. The molecule has 0 atom stereocenters. The number of aromatic nitrogens is 2. The molecule has 0 aliphatic rings. The van der Waals surface area contributed by atoms with Crippen LogP contribution < -0.4 is 26.1 Å². The first kappa shape index (κ1) is 19.6. The Bertz CT molecular complexity index is 713. The average molecular weight is 361 g/mol. The summed E-state index contributed by atoms with van der Waals surface area (Å²) in [7, 11) is 1.93. The fraction of sp³-hybridized carbons (Fsp3) is 0.444. The number of hydrogen-bond acceptors (Lipinski definition) is 5. The van der Waals surface area contributed by atoms with Crippen molar-refractivity contribution in [1.29, 1.82) is 0 Å². The normalized spacial score (nSPS) is 10.7. The summed E-state index contributed by atoms with van der Waals surface area (Å²) >= 11 is 0. The number of ether oxygens (including phenoxy) is 1. The molecule has 0 aliphatic carbocycles. The third kappa shape index (κ3) is 6.29. The van der Waals surface area contributed by atoms with E-state index in [1.807, 2.05) is 56.1 Å². The zero-order valence-electron chi connectivity index (χ0n) is 15.8. The number of benzene rings is 1. The zero-order valence-corrected chi connectivity index (χ0v) is 15.8. The first-order valence-corrected chi connectivity index (χ1v) is 8.78. The highest BCUT2D eigenvalue weighted by molar-refractivity contribution is 5.90. The third-order valence-electron chi connectivity index (χ3n) is 3.61. The number of carbonyl (C=O) groups is 1. The molecule has 2 aromatic rings. The Kier molecular flexibility index (Phi) is 7.28. The van der Waals surface area contributed by atoms with Crippen molar-refractivity contribution in [3.05, 3.63) is 30.6 Å². The standard InChI is InChI=1S/C18H28N6O2/c1-13(2)26-11-5-8-19-16-7-6-15(21-14(3)25)12-17(16)22-23-18-20-9-10-24(18)4/h6-7,9-10,12-13,19,22H,5,8,11H2,1-4H3,(H2,20,21,23,25)/p+1. The second kappa shape index (κ2) is 9.67. The van der Waals surface area contributed by atoms with E-state index in [9.17, 15) is 4.79 Å². The maximum absolute atomic E-state index is 11.3. The molecule has 0 aliphatic heterocycles. The second-order valence-electron chi connectivity index (χ2n) is 6.31. The molecule has 0 saturated carbocycles. The molecule has 0 saturated heterocycles. The molecular formula is C18H29N6O2+. The fourth-order valence-electron chi connectivity index (χ4n) is 2.35. The van der Waals surface area contributed by atoms with Crippen LogP contribution in [0.2, 0.25) is 0 Å². The van der Waals surface area contributed by atoms with Crippen molar-refractivity contribution in [1.82, 2.24) is 4.98 Å². The van der Waals surface area contributed by atoms with Gasteiger partial charge in [0, 0.05) is 25.8 Å². The van der Waals surface area contributed by atoms with Gasteiger partial charge in [-0.05, 0) is 38.5 Å². The highest BCUT2D eigenvalue weighted by Crippen LogP contribution is 2.26. The Hall–Kier alpha value is -2.74. The molecule has 5 N–H and O–H groups in total. The highest BCUT2D eigenvalue weighted by Gasteiger charge is 2.09. The predicted molar refractivity (Wildman–Crippen MR) is 104 cm³/mol. The molecule has 0 radical (unpaired) electrons. The molecule has 0 fully saturated rings. The van der Waals surface area contributed by atoms with Gasteiger partial charge in [-0.2, -0.15) is 5.43 Å². The Balaban J connectivity index is 2.02. The van der Waals surface area contributed by atoms with Crippen molar-refractivity contribution < 1.29 is 14.1 Å². The lowest BCUT2D eigenvalue weighted by atomic mass is 10.2. The van der Waals surface area contributed by atoms with Gasteiger partial charge in [0.05, 0.1) is 36.9 Å². The number of anilines is 4. The van der Waals surface area contributed by atoms with Crippen LogP contribution >= 0.6 is 0 Å². The zero-order chi connectivity index (χ0) is 18.9. The molecule has 0 unspecified atom stereocenters. The molecule has 1 aromatic heterocycles. The number of nitrogens with one attached hydrogen (secondary N) is 5. The van der Waals surface area contributed by atoms with Crippen LogP contribution in [0.1, 0.15) is 27.2 Å². The number of carbonyl (C=O) groups excluding carboxylic acids is 1. The summed E-state index contributed by atoms with van der Waals surface area (Å²) < 4.78 is 7.48. The van der Waals surface area contributed by atoms with Crippen molar-refractivity contribution in [3.63, 3.8) is 0 Å². The number of amides is 1. The number of H-pyrrole nitrogens is 1. The Morgan fingerprint density at radius 1 is 1.27 bits per heavy atom. The van der Waals surface area contributed by atoms with Crippen LogP contribution in [-0.2, 0) is 16.6 Å². The quantitative estimate of drug-likeness (QED) is 0.255. The molecule has 142 valence electrons. The number of imidazole rings is 1. The number of nitrogens with zero attached hydrogens (tertiary/aromatic N) is 1. The van der Waals surface area contributed by atoms with Gasteiger partial charge in [-0.1, -0.05) is 0 Å². The van der Waals surface area contributed by atoms with Crippen LogP contribution in [0.3, 0.4) is 0 Å². The van der Waals surface area contributed by atoms with Gasteiger partial charge < -0.3 is 15.4 Å². The minimum atomic E-state index is -0.105. The fourth-order valence-corrected chi connectivity index (χ4v) is 2.35. The van der Waals surface area contributed by atoms with E-state index < -0.39 is 0 Å². The molecule has 0 bridgehead atoms. The van der Waals surface area contributed by atoms with Crippen LogP contribution in [0.25, 0.3) is 0 Å². The second-order valence-corrected chi connectivity index (χ2v) is 6.31. The van der Waals surface area contributed by atoms with Gasteiger partial charge in [-0.15, -0.1) is 0 Å². The van der Waals surface area contributed by atoms with E-state index in [1.54, 1.807) is 0 Å². The Morgan fingerprint density at radius 3 is 2.73 bits per heavy atom. The molecule has 1 aromatic carbocycles. The molecule has 26 heavy (non-hydrogen) atoms. The van der Waals surface area contributed by atoms with E-state index >= 15 is 0 Å². The van der Waals surface area contributed by atoms with Crippen LogP contribution in [-0.4, -0.2) is 30.1 Å². The van der Waals surface area contributed by atoms with Crippen molar-refractivity contribution >= 4 is 28.9 Å². The van der Waals surface area contributed by atoms with Crippen molar-refractivity contribution in [2.75, 3.05) is 34.6 Å². The number of rotatable bonds is 10. The Morgan fingerprint density at radius 2 is 2.08 bits per heavy atom. The van der Waals surface area contributed by atoms with E-state index in [0.29, 0.717) is 6.61 Å². The van der Waals surface area contributed by atoms with Crippen molar-refractivity contribution in [2.45, 2.75) is 33.3 Å². The number of hydrazine groups is 1. The SMILES string of the molecule is CC(=O)Nc1ccc(NCCCOC(C)C)c(NNc2[nH]cc[n+]2C)c1. The number of aryl methyl sites for hydroxylation is 1. The summed E-state index contributed by atoms with van der Waals surface area (Å²) in [6.45, 7) is 7.06. The monoisotopic (exact) mass is 361 g/mol. The van der Waals surface area contributed by atoms with E-state index in [2.05, 4.69) is 26.5 Å². The first-order chi connectivity index (χ1) is 12.5. The summed E-state index contributed by atoms with van der Waals surface area (Å²) in [6.07, 6.45) is 4.90. The Labute approximate surface area is 154 Å². The predicted octanol–water partition coefficient (Wildman–Crippen LogP) is 2.46. The number of hydrogen-bond donors (Lipinski definition) is 5. The van der Waals surface area contributed by atoms with Gasteiger partial charge in [-0.3, -0.25) is 4.79 Å². The van der Waals surface area contributed by atoms with Crippen molar-refractivity contribution in [3.8, 4) is 0 Å². The van der Waals surface area contributed by atoms with Gasteiger partial charge in [0.15, 0.2) is 0 Å². The smallest absolute Gasteiger partial charge is 0.376 e. The van der Waals surface area contributed by atoms with Crippen LogP contribution in [0.15, 0.2) is 30.6 Å². The molecule has 0 spiro atoms. The maximum atomic E-state index is 11.3. The molecule has 8 nitrogen and oxygen atoms in total. The van der Waals surface area contributed by atoms with Gasteiger partial charge in [0.1, 0.15) is 0 Å². The third-order valence-corrected chi connectivity index (χ3v) is 3.61. The first-order valence-electron chi connectivity index (χ1n) is 8.78. The molecule has 1 amide bonds. The van der Waals surface area contributed by atoms with Gasteiger partial charge in [0.25, 0.3) is 0 Å². The van der Waals surface area contributed by atoms with Crippen LogP contribution in [0, 0.1) is 0 Å². The maximum Gasteiger partial charge on any atom is 0.376 e. The summed E-state index contributed by atoms with van der Waals surface area (Å²) in [6, 6.07) is 5.69. The lowest BCUT2D eigenvalue weighted by molar-refractivity contribution is -0.655. The van der Waals surface area contributed by atoms with Crippen molar-refractivity contribution in [2.24, 2.45) is 7.05 Å². The largest absolute Gasteiger partial charge is 0.383 e. The van der Waals surface area contributed by atoms with E-state index in [4.69, 9.17) is 4.74 Å². The van der Waals surface area contributed by atoms with Gasteiger partial charge >= 0.3 is 5.95 Å². The van der Waals surface area contributed by atoms with Crippen LogP contribution in [0.5, 0.6) is 0 Å². The summed E-state index contributed by atoms with van der Waals surface area (Å²) in [4.78, 5) is 14.4. The van der Waals surface area contributed by atoms with Gasteiger partial charge in [-0.25, -0.2) is 15.0 Å². The van der Waals surface area contributed by atoms with E-state index in [1.165, 1.54) is 6.92 Å². The summed E-state index contributed by atoms with van der Waals surface area (Å²) in [5, 5.41) is 6.20. The van der Waals surface area contributed by atoms with E-state index in [-0.39, 0.29) is 12.0 Å². The molecular weight excluding hydrogens is 332 g/mol. The van der Waals surface area contributed by atoms with Crippen LogP contribution in [0.4, 0.5) is 23.0 Å². The summed E-state index contributed by atoms with van der Waals surface area (Å²) in [5.41, 5.74) is 8.80. The lowest BCUT2D eigenvalue weighted by Gasteiger charge is -2.15. The summed E-state index contributed by atoms with van der Waals surface area (Å²) in [5.74, 6) is 0.706. The van der Waals surface area contributed by atoms with Gasteiger partial charge in [0.2, 0.25) is 5.91 Å². The topological polar surface area (TPSA) is 94.1 Å². The minimum absolute atomic E-state index is 0.105. The molecule has 2 rings (SSSR count). The average Bonchev–Trinajstić information content (AvgIpc) is 2.98. The van der Waals surface area contributed by atoms with E-state index in [0.717, 1.165) is 36.0 Å². The molecule has 8 heteroatoms. The number of aromatic amines is 1.